The van der Waals surface area contributed by atoms with E-state index in [1.54, 1.807) is 0 Å². The van der Waals surface area contributed by atoms with Crippen LogP contribution in [0.15, 0.2) is 0 Å². The summed E-state index contributed by atoms with van der Waals surface area (Å²) in [6, 6.07) is 0. The topological polar surface area (TPSA) is 40.6 Å². The average molecular weight is 198 g/mol. The van der Waals surface area contributed by atoms with Gasteiger partial charge in [0.1, 0.15) is 6.29 Å². The van der Waals surface area contributed by atoms with Crippen LogP contribution in [0.1, 0.15) is 27.2 Å². The van der Waals surface area contributed by atoms with Crippen LogP contribution in [0.4, 0.5) is 0 Å². The van der Waals surface area contributed by atoms with Crippen LogP contribution in [0.5, 0.6) is 0 Å². The third-order valence-electron chi connectivity index (χ3n) is 3.39. The molecule has 1 aliphatic rings. The molecule has 0 aliphatic carbocycles. The van der Waals surface area contributed by atoms with Crippen molar-refractivity contribution < 1.29 is 9.59 Å². The van der Waals surface area contributed by atoms with E-state index in [1.165, 1.54) is 5.01 Å². The van der Waals surface area contributed by atoms with Gasteiger partial charge in [-0.05, 0) is 12.8 Å². The third-order valence-corrected chi connectivity index (χ3v) is 3.39. The smallest absolute Gasteiger partial charge is 0.239 e. The summed E-state index contributed by atoms with van der Waals surface area (Å²) in [5, 5.41) is 3.42. The number of carbonyl (C=O) groups excluding carboxylic acids is 2. The molecule has 1 saturated heterocycles. The molecule has 0 aromatic carbocycles. The van der Waals surface area contributed by atoms with Crippen LogP contribution in [-0.2, 0) is 9.59 Å². The molecule has 0 aromatic rings. The fourth-order valence-electron chi connectivity index (χ4n) is 1.83. The molecule has 0 bridgehead atoms. The molecule has 1 fully saturated rings. The number of hydrogen-bond acceptors (Lipinski definition) is 3. The summed E-state index contributed by atoms with van der Waals surface area (Å²) in [5.41, 5.74) is -0.153. The summed E-state index contributed by atoms with van der Waals surface area (Å²) in [7, 11) is 1.87. The number of amides is 1. The van der Waals surface area contributed by atoms with Crippen molar-refractivity contribution in [2.75, 3.05) is 13.6 Å². The van der Waals surface area contributed by atoms with Crippen molar-refractivity contribution in [3.8, 4) is 0 Å². The van der Waals surface area contributed by atoms with E-state index in [2.05, 4.69) is 20.8 Å². The molecule has 1 atom stereocenters. The predicted octanol–water partition coefficient (Wildman–Crippen LogP) is 0.679. The van der Waals surface area contributed by atoms with Gasteiger partial charge in [0.15, 0.2) is 0 Å². The number of rotatable bonds is 3. The van der Waals surface area contributed by atoms with Crippen LogP contribution >= 0.6 is 0 Å². The first kappa shape index (κ1) is 11.2. The molecule has 4 nitrogen and oxygen atoms in total. The van der Waals surface area contributed by atoms with Crippen molar-refractivity contribution in [2.24, 2.45) is 5.92 Å². The fourth-order valence-corrected chi connectivity index (χ4v) is 1.83. The largest absolute Gasteiger partial charge is 0.301 e. The van der Waals surface area contributed by atoms with E-state index in [0.717, 1.165) is 6.29 Å². The zero-order chi connectivity index (χ0) is 10.9. The van der Waals surface area contributed by atoms with Gasteiger partial charge >= 0.3 is 0 Å². The van der Waals surface area contributed by atoms with Gasteiger partial charge in [0.05, 0.1) is 6.54 Å². The summed E-state index contributed by atoms with van der Waals surface area (Å²) >= 11 is 0. The van der Waals surface area contributed by atoms with Crippen LogP contribution in [0.2, 0.25) is 0 Å². The molecular formula is C10H18N2O2. The second-order valence-corrected chi connectivity index (χ2v) is 4.35. The SMILES string of the molecule is CC(C)C1(C)CC(=O)N(CC=O)N1C. The number of carbonyl (C=O) groups is 2. The molecule has 0 N–H and O–H groups in total. The number of nitrogens with zero attached hydrogens (tertiary/aromatic N) is 2. The minimum absolute atomic E-state index is 0.0378. The lowest BCUT2D eigenvalue weighted by atomic mass is 9.86. The Balaban J connectivity index is 2.88. The zero-order valence-corrected chi connectivity index (χ0v) is 9.28. The van der Waals surface area contributed by atoms with Gasteiger partial charge in [0, 0.05) is 19.0 Å². The molecule has 80 valence electrons. The molecule has 1 heterocycles. The van der Waals surface area contributed by atoms with E-state index < -0.39 is 0 Å². The maximum absolute atomic E-state index is 11.6. The normalized spacial score (nSPS) is 28.9. The number of aldehydes is 1. The highest BCUT2D eigenvalue weighted by Gasteiger charge is 2.46. The van der Waals surface area contributed by atoms with Gasteiger partial charge in [-0.25, -0.2) is 5.01 Å². The second-order valence-electron chi connectivity index (χ2n) is 4.35. The summed E-state index contributed by atoms with van der Waals surface area (Å²) in [5.74, 6) is 0.420. The van der Waals surface area contributed by atoms with Crippen molar-refractivity contribution in [2.45, 2.75) is 32.7 Å². The molecule has 0 spiro atoms. The summed E-state index contributed by atoms with van der Waals surface area (Å²) < 4.78 is 0. The lowest BCUT2D eigenvalue weighted by Gasteiger charge is -2.37. The third kappa shape index (κ3) is 1.54. The molecule has 14 heavy (non-hydrogen) atoms. The predicted molar refractivity (Wildman–Crippen MR) is 53.4 cm³/mol. The Hall–Kier alpha value is -0.900. The summed E-state index contributed by atoms with van der Waals surface area (Å²) in [6.07, 6.45) is 1.26. The molecule has 0 saturated carbocycles. The maximum Gasteiger partial charge on any atom is 0.239 e. The van der Waals surface area contributed by atoms with Crippen LogP contribution in [0.3, 0.4) is 0 Å². The van der Waals surface area contributed by atoms with Gasteiger partial charge in [-0.2, -0.15) is 0 Å². The lowest BCUT2D eigenvalue weighted by Crippen LogP contribution is -2.49. The molecule has 1 aliphatic heterocycles. The molecule has 1 rings (SSSR count). The standard InChI is InChI=1S/C10H18N2O2/c1-8(2)10(3)7-9(14)12(5-6-13)11(10)4/h6,8H,5,7H2,1-4H3. The van der Waals surface area contributed by atoms with E-state index in [-0.39, 0.29) is 18.0 Å². The molecule has 1 amide bonds. The van der Waals surface area contributed by atoms with E-state index in [9.17, 15) is 9.59 Å². The second kappa shape index (κ2) is 3.69. The highest BCUT2D eigenvalue weighted by molar-refractivity contribution is 5.81. The van der Waals surface area contributed by atoms with E-state index in [0.29, 0.717) is 12.3 Å². The molecule has 1 unspecified atom stereocenters. The Labute approximate surface area is 84.8 Å². The molecular weight excluding hydrogens is 180 g/mol. The highest BCUT2D eigenvalue weighted by Crippen LogP contribution is 2.34. The Bertz CT molecular complexity index is 253. The van der Waals surface area contributed by atoms with Crippen LogP contribution < -0.4 is 0 Å². The molecule has 0 aromatic heterocycles. The number of hydrogen-bond donors (Lipinski definition) is 0. The van der Waals surface area contributed by atoms with Crippen LogP contribution in [0, 0.1) is 5.92 Å². The van der Waals surface area contributed by atoms with Gasteiger partial charge in [-0.15, -0.1) is 0 Å². The fraction of sp³-hybridized carbons (Fsp3) is 0.800. The first-order chi connectivity index (χ1) is 6.43. The maximum atomic E-state index is 11.6. The van der Waals surface area contributed by atoms with Gasteiger partial charge in [-0.3, -0.25) is 9.80 Å². The van der Waals surface area contributed by atoms with Crippen LogP contribution in [0.25, 0.3) is 0 Å². The van der Waals surface area contributed by atoms with Gasteiger partial charge < -0.3 is 4.79 Å². The van der Waals surface area contributed by atoms with Crippen molar-refractivity contribution >= 4 is 12.2 Å². The Morgan fingerprint density at radius 2 is 2.14 bits per heavy atom. The van der Waals surface area contributed by atoms with Gasteiger partial charge in [0.25, 0.3) is 0 Å². The van der Waals surface area contributed by atoms with Crippen molar-refractivity contribution in [3.63, 3.8) is 0 Å². The van der Waals surface area contributed by atoms with Gasteiger partial charge in [0.2, 0.25) is 5.91 Å². The monoisotopic (exact) mass is 198 g/mol. The van der Waals surface area contributed by atoms with Crippen molar-refractivity contribution in [3.05, 3.63) is 0 Å². The van der Waals surface area contributed by atoms with Crippen LogP contribution in [-0.4, -0.2) is 41.3 Å². The Kier molecular flexibility index (Phi) is 2.95. The number of hydrazine groups is 1. The van der Waals surface area contributed by atoms with E-state index in [1.807, 2.05) is 12.1 Å². The van der Waals surface area contributed by atoms with E-state index >= 15 is 0 Å². The molecule has 0 radical (unpaired) electrons. The Morgan fingerprint density at radius 1 is 1.57 bits per heavy atom. The van der Waals surface area contributed by atoms with Gasteiger partial charge in [-0.1, -0.05) is 13.8 Å². The van der Waals surface area contributed by atoms with E-state index in [4.69, 9.17) is 0 Å². The van der Waals surface area contributed by atoms with Crippen molar-refractivity contribution in [1.29, 1.82) is 0 Å². The lowest BCUT2D eigenvalue weighted by molar-refractivity contribution is -0.141. The quantitative estimate of drug-likeness (QED) is 0.626. The summed E-state index contributed by atoms with van der Waals surface area (Å²) in [4.78, 5) is 22.0. The first-order valence-electron chi connectivity index (χ1n) is 4.91. The Morgan fingerprint density at radius 3 is 2.50 bits per heavy atom. The summed E-state index contributed by atoms with van der Waals surface area (Å²) in [6.45, 7) is 6.40. The molecule has 4 heteroatoms. The zero-order valence-electron chi connectivity index (χ0n) is 9.28. The van der Waals surface area contributed by atoms with Crippen molar-refractivity contribution in [1.82, 2.24) is 10.0 Å². The minimum Gasteiger partial charge on any atom is -0.301 e. The highest BCUT2D eigenvalue weighted by atomic mass is 16.2. The minimum atomic E-state index is -0.153. The average Bonchev–Trinajstić information content (AvgIpc) is 2.31. The first-order valence-corrected chi connectivity index (χ1v) is 4.91.